The summed E-state index contributed by atoms with van der Waals surface area (Å²) in [5, 5.41) is 4.83. The van der Waals surface area contributed by atoms with E-state index >= 15 is 0 Å². The molecule has 1 aliphatic carbocycles. The van der Waals surface area contributed by atoms with Crippen LogP contribution >= 0.6 is 22.9 Å². The summed E-state index contributed by atoms with van der Waals surface area (Å²) in [6.07, 6.45) is 6.02. The number of fused-ring (bicyclic) bond motifs is 1. The average Bonchev–Trinajstić information content (AvgIpc) is 3.58. The summed E-state index contributed by atoms with van der Waals surface area (Å²) in [6, 6.07) is 9.42. The minimum Gasteiger partial charge on any atom is -0.496 e. The predicted octanol–water partition coefficient (Wildman–Crippen LogP) is 8.16. The van der Waals surface area contributed by atoms with Crippen molar-refractivity contribution in [3.05, 3.63) is 57.1 Å². The largest absolute Gasteiger partial charge is 0.496 e. The standard InChI is InChI=1S/C33H38ClN3O5S/c1-18-12-22-14-26(37(17-29(38)42-6)25(22)13-19(18)2)32(39)36-33-35-30(23-15-28(41-5)24(34)16-27(23)40-4)31(43-33)20(3)21-10-8-7-9-11-21/h12-16,20-21H,7-11,17H2,1-6H3,(H,35,36,39). The lowest BCUT2D eigenvalue weighted by atomic mass is 9.79. The number of benzene rings is 2. The number of hydrogen-bond donors (Lipinski definition) is 1. The number of carbonyl (C=O) groups is 2. The molecule has 2 heterocycles. The lowest BCUT2D eigenvalue weighted by Crippen LogP contribution is -2.20. The SMILES string of the molecule is COC(=O)Cn1c(C(=O)Nc2nc(-c3cc(OC)c(Cl)cc3OC)c(C(C)C3CCCCC3)s2)cc2cc(C)c(C)cc21. The minimum atomic E-state index is -0.436. The van der Waals surface area contributed by atoms with Gasteiger partial charge >= 0.3 is 5.97 Å². The van der Waals surface area contributed by atoms with Crippen LogP contribution in [0.2, 0.25) is 5.02 Å². The molecule has 1 unspecified atom stereocenters. The molecule has 8 nitrogen and oxygen atoms in total. The highest BCUT2D eigenvalue weighted by Gasteiger charge is 2.29. The summed E-state index contributed by atoms with van der Waals surface area (Å²) >= 11 is 7.91. The number of anilines is 1. The molecule has 43 heavy (non-hydrogen) atoms. The topological polar surface area (TPSA) is 91.7 Å². The molecule has 1 amide bonds. The van der Waals surface area contributed by atoms with Crippen LogP contribution in [0.1, 0.15) is 71.4 Å². The fourth-order valence-electron chi connectivity index (χ4n) is 6.02. The van der Waals surface area contributed by atoms with Gasteiger partial charge in [0.1, 0.15) is 23.7 Å². The van der Waals surface area contributed by atoms with E-state index in [2.05, 4.69) is 12.2 Å². The lowest BCUT2D eigenvalue weighted by molar-refractivity contribution is -0.141. The Labute approximate surface area is 261 Å². The van der Waals surface area contributed by atoms with Crippen LogP contribution in [0.3, 0.4) is 0 Å². The lowest BCUT2D eigenvalue weighted by Gasteiger charge is -2.27. The van der Waals surface area contributed by atoms with E-state index in [9.17, 15) is 9.59 Å². The van der Waals surface area contributed by atoms with Gasteiger partial charge in [-0.1, -0.05) is 37.8 Å². The van der Waals surface area contributed by atoms with Gasteiger partial charge in [-0.05, 0) is 73.9 Å². The van der Waals surface area contributed by atoms with Crippen LogP contribution in [-0.4, -0.2) is 42.8 Å². The number of nitrogens with one attached hydrogen (secondary N) is 1. The second-order valence-electron chi connectivity index (χ2n) is 11.2. The van der Waals surface area contributed by atoms with E-state index in [1.54, 1.807) is 24.9 Å². The third-order valence-corrected chi connectivity index (χ3v) is 10.1. The van der Waals surface area contributed by atoms with Gasteiger partial charge < -0.3 is 18.8 Å². The monoisotopic (exact) mass is 623 g/mol. The summed E-state index contributed by atoms with van der Waals surface area (Å²) in [5.74, 6) is 1.05. The number of halogens is 1. The number of thiazole rings is 1. The molecule has 1 atom stereocenters. The van der Waals surface area contributed by atoms with E-state index in [0.717, 1.165) is 51.0 Å². The molecule has 0 saturated heterocycles. The van der Waals surface area contributed by atoms with Crippen LogP contribution in [-0.2, 0) is 16.1 Å². The second-order valence-corrected chi connectivity index (χ2v) is 12.7. The number of hydrogen-bond acceptors (Lipinski definition) is 7. The van der Waals surface area contributed by atoms with Gasteiger partial charge in [0.25, 0.3) is 5.91 Å². The van der Waals surface area contributed by atoms with Crippen molar-refractivity contribution >= 4 is 50.8 Å². The first kappa shape index (κ1) is 30.9. The molecule has 1 fully saturated rings. The zero-order valence-electron chi connectivity index (χ0n) is 25.5. The van der Waals surface area contributed by atoms with Crippen molar-refractivity contribution in [2.24, 2.45) is 5.92 Å². The van der Waals surface area contributed by atoms with Gasteiger partial charge in [0.05, 0.1) is 32.0 Å². The van der Waals surface area contributed by atoms with Crippen molar-refractivity contribution in [2.45, 2.75) is 65.3 Å². The molecule has 228 valence electrons. The number of nitrogens with zero attached hydrogens (tertiary/aromatic N) is 2. The van der Waals surface area contributed by atoms with Gasteiger partial charge in [0.2, 0.25) is 0 Å². The molecule has 5 rings (SSSR count). The second kappa shape index (κ2) is 13.0. The fraction of sp³-hybridized carbons (Fsp3) is 0.424. The Morgan fingerprint density at radius 3 is 2.40 bits per heavy atom. The number of esters is 1. The van der Waals surface area contributed by atoms with E-state index < -0.39 is 5.97 Å². The number of ether oxygens (including phenoxy) is 3. The summed E-state index contributed by atoms with van der Waals surface area (Å²) in [6.45, 7) is 6.20. The Balaban J connectivity index is 1.58. The Morgan fingerprint density at radius 1 is 1.02 bits per heavy atom. The maximum absolute atomic E-state index is 13.9. The van der Waals surface area contributed by atoms with Crippen LogP contribution in [0.5, 0.6) is 11.5 Å². The molecule has 0 aliphatic heterocycles. The Hall–Kier alpha value is -3.56. The first-order valence-electron chi connectivity index (χ1n) is 14.6. The smallest absolute Gasteiger partial charge is 0.325 e. The predicted molar refractivity (Wildman–Crippen MR) is 172 cm³/mol. The van der Waals surface area contributed by atoms with Crippen LogP contribution in [0.4, 0.5) is 5.13 Å². The molecular formula is C33H38ClN3O5S. The summed E-state index contributed by atoms with van der Waals surface area (Å²) in [4.78, 5) is 32.3. The van der Waals surface area contributed by atoms with E-state index in [4.69, 9.17) is 30.8 Å². The van der Waals surface area contributed by atoms with E-state index in [1.807, 2.05) is 38.1 Å². The Bertz CT molecular complexity index is 1670. The van der Waals surface area contributed by atoms with Crippen molar-refractivity contribution in [1.29, 1.82) is 0 Å². The summed E-state index contributed by atoms with van der Waals surface area (Å²) in [7, 11) is 4.52. The van der Waals surface area contributed by atoms with Gasteiger partial charge in [0.15, 0.2) is 5.13 Å². The third kappa shape index (κ3) is 6.24. The quantitative estimate of drug-likeness (QED) is 0.189. The van der Waals surface area contributed by atoms with Gasteiger partial charge in [-0.25, -0.2) is 4.98 Å². The normalized spacial score (nSPS) is 14.5. The van der Waals surface area contributed by atoms with E-state index in [1.165, 1.54) is 37.7 Å². The van der Waals surface area contributed by atoms with E-state index in [-0.39, 0.29) is 18.4 Å². The van der Waals surface area contributed by atoms with Crippen LogP contribution < -0.4 is 14.8 Å². The van der Waals surface area contributed by atoms with Gasteiger partial charge in [-0.3, -0.25) is 14.9 Å². The number of aromatic nitrogens is 2. The Kier molecular flexibility index (Phi) is 9.32. The van der Waals surface area contributed by atoms with Crippen LogP contribution in [0.25, 0.3) is 22.2 Å². The van der Waals surface area contributed by atoms with Gasteiger partial charge in [-0.2, -0.15) is 0 Å². The van der Waals surface area contributed by atoms with Gasteiger partial charge in [-0.15, -0.1) is 11.3 Å². The molecule has 0 spiro atoms. The number of aryl methyl sites for hydroxylation is 2. The van der Waals surface area contributed by atoms with Gasteiger partial charge in [0, 0.05) is 27.4 Å². The number of carbonyl (C=O) groups excluding carboxylic acids is 2. The molecule has 1 N–H and O–H groups in total. The number of rotatable bonds is 9. The number of methoxy groups -OCH3 is 3. The first-order chi connectivity index (χ1) is 20.6. The van der Waals surface area contributed by atoms with Crippen LogP contribution in [0, 0.1) is 19.8 Å². The molecule has 0 bridgehead atoms. The fourth-order valence-corrected chi connectivity index (χ4v) is 7.37. The van der Waals surface area contributed by atoms with Crippen molar-refractivity contribution in [2.75, 3.05) is 26.6 Å². The first-order valence-corrected chi connectivity index (χ1v) is 15.8. The molecule has 4 aromatic rings. The highest BCUT2D eigenvalue weighted by Crippen LogP contribution is 2.47. The maximum atomic E-state index is 13.9. The highest BCUT2D eigenvalue weighted by atomic mass is 35.5. The zero-order valence-corrected chi connectivity index (χ0v) is 27.1. The molecule has 2 aromatic heterocycles. The summed E-state index contributed by atoms with van der Waals surface area (Å²) < 4.78 is 17.9. The highest BCUT2D eigenvalue weighted by molar-refractivity contribution is 7.16. The minimum absolute atomic E-state index is 0.0832. The molecule has 2 aromatic carbocycles. The maximum Gasteiger partial charge on any atom is 0.325 e. The average molecular weight is 624 g/mol. The molecule has 1 saturated carbocycles. The molecular weight excluding hydrogens is 586 g/mol. The molecule has 10 heteroatoms. The molecule has 1 aliphatic rings. The number of amides is 1. The van der Waals surface area contributed by atoms with Crippen molar-refractivity contribution in [3.63, 3.8) is 0 Å². The van der Waals surface area contributed by atoms with Crippen molar-refractivity contribution < 1.29 is 23.8 Å². The van der Waals surface area contributed by atoms with Crippen molar-refractivity contribution in [1.82, 2.24) is 9.55 Å². The Morgan fingerprint density at radius 2 is 1.72 bits per heavy atom. The molecule has 0 radical (unpaired) electrons. The zero-order chi connectivity index (χ0) is 30.8. The van der Waals surface area contributed by atoms with Crippen molar-refractivity contribution in [3.8, 4) is 22.8 Å². The van der Waals surface area contributed by atoms with Crippen LogP contribution in [0.15, 0.2) is 30.3 Å². The summed E-state index contributed by atoms with van der Waals surface area (Å²) in [5.41, 5.74) is 4.82. The van der Waals surface area contributed by atoms with E-state index in [0.29, 0.717) is 33.3 Å². The third-order valence-electron chi connectivity index (χ3n) is 8.64.